The van der Waals surface area contributed by atoms with E-state index in [4.69, 9.17) is 4.99 Å². The predicted octanol–water partition coefficient (Wildman–Crippen LogP) is 5.19. The van der Waals surface area contributed by atoms with Gasteiger partial charge in [-0.3, -0.25) is 9.98 Å². The number of aromatic nitrogens is 1. The molecule has 0 unspecified atom stereocenters. The van der Waals surface area contributed by atoms with Gasteiger partial charge in [-0.05, 0) is 49.8 Å². The summed E-state index contributed by atoms with van der Waals surface area (Å²) in [5.74, 6) is 0. The van der Waals surface area contributed by atoms with E-state index in [0.29, 0.717) is 0 Å². The number of aliphatic imine (C=N–C) groups is 1. The molecule has 4 aromatic rings. The Kier molecular flexibility index (Phi) is 6.16. The molecule has 148 valence electrons. The summed E-state index contributed by atoms with van der Waals surface area (Å²) in [5.41, 5.74) is 1.73. The zero-order chi connectivity index (χ0) is 20.8. The molecule has 0 amide bonds. The molecule has 0 saturated heterocycles. The third kappa shape index (κ3) is 4.56. The minimum atomic E-state index is -0.675. The minimum Gasteiger partial charge on any atom is -0.280 e. The van der Waals surface area contributed by atoms with Crippen molar-refractivity contribution in [2.75, 3.05) is 0 Å². The maximum Gasteiger partial charge on any atom is 0.0970 e. The van der Waals surface area contributed by atoms with Crippen molar-refractivity contribution in [3.63, 3.8) is 0 Å². The molecule has 0 bridgehead atoms. The van der Waals surface area contributed by atoms with Crippen LogP contribution in [0.3, 0.4) is 0 Å². The lowest BCUT2D eigenvalue weighted by Crippen LogP contribution is -2.23. The lowest BCUT2D eigenvalue weighted by Gasteiger charge is -2.22. The van der Waals surface area contributed by atoms with E-state index in [1.807, 2.05) is 30.6 Å². The number of nitrogens with zero attached hydrogens (tertiary/aromatic N) is 2. The van der Waals surface area contributed by atoms with Crippen LogP contribution in [0.4, 0.5) is 0 Å². The summed E-state index contributed by atoms with van der Waals surface area (Å²) in [6.45, 7) is 4.21. The Morgan fingerprint density at radius 1 is 0.700 bits per heavy atom. The van der Waals surface area contributed by atoms with Crippen LogP contribution in [-0.2, 0) is 5.54 Å². The summed E-state index contributed by atoms with van der Waals surface area (Å²) in [6, 6.07) is 36.1. The number of rotatable bonds is 6. The summed E-state index contributed by atoms with van der Waals surface area (Å²) >= 11 is 0. The highest BCUT2D eigenvalue weighted by atomic mass is 31.1. The van der Waals surface area contributed by atoms with E-state index >= 15 is 0 Å². The molecule has 0 aliphatic carbocycles. The molecule has 0 aliphatic heterocycles. The van der Waals surface area contributed by atoms with Gasteiger partial charge in [0.25, 0.3) is 0 Å². The van der Waals surface area contributed by atoms with Crippen molar-refractivity contribution in [1.29, 1.82) is 0 Å². The molecule has 3 heteroatoms. The zero-order valence-corrected chi connectivity index (χ0v) is 18.2. The lowest BCUT2D eigenvalue weighted by atomic mass is 10.0. The van der Waals surface area contributed by atoms with Gasteiger partial charge >= 0.3 is 0 Å². The van der Waals surface area contributed by atoms with Gasteiger partial charge in [0, 0.05) is 18.0 Å². The van der Waals surface area contributed by atoms with E-state index in [-0.39, 0.29) is 0 Å². The van der Waals surface area contributed by atoms with Crippen molar-refractivity contribution in [3.8, 4) is 0 Å². The molecule has 2 nitrogen and oxygen atoms in total. The smallest absolute Gasteiger partial charge is 0.0970 e. The van der Waals surface area contributed by atoms with Gasteiger partial charge in [-0.2, -0.15) is 0 Å². The lowest BCUT2D eigenvalue weighted by molar-refractivity contribution is 0.542. The molecular formula is C27H25N2P. The third-order valence-electron chi connectivity index (χ3n) is 5.02. The Balaban J connectivity index is 1.78. The maximum atomic E-state index is 4.95. The van der Waals surface area contributed by atoms with Gasteiger partial charge in [0.1, 0.15) is 0 Å². The molecule has 0 N–H and O–H groups in total. The Morgan fingerprint density at radius 2 is 1.27 bits per heavy atom. The number of hydrogen-bond donors (Lipinski definition) is 0. The van der Waals surface area contributed by atoms with Crippen molar-refractivity contribution in [3.05, 3.63) is 121 Å². The Labute approximate surface area is 180 Å². The number of benzene rings is 3. The van der Waals surface area contributed by atoms with Gasteiger partial charge in [-0.1, -0.05) is 91.0 Å². The van der Waals surface area contributed by atoms with Crippen LogP contribution in [-0.4, -0.2) is 11.2 Å². The average molecular weight is 408 g/mol. The summed E-state index contributed by atoms with van der Waals surface area (Å²) < 4.78 is 0. The van der Waals surface area contributed by atoms with E-state index in [0.717, 1.165) is 11.3 Å². The quantitative estimate of drug-likeness (QED) is 0.318. The van der Waals surface area contributed by atoms with E-state index in [1.165, 1.54) is 15.9 Å². The van der Waals surface area contributed by atoms with Gasteiger partial charge in [-0.15, -0.1) is 0 Å². The number of hydrogen-bond acceptors (Lipinski definition) is 2. The van der Waals surface area contributed by atoms with E-state index in [1.54, 1.807) is 0 Å². The van der Waals surface area contributed by atoms with Crippen molar-refractivity contribution in [2.24, 2.45) is 4.99 Å². The van der Waals surface area contributed by atoms with Crippen LogP contribution in [0.25, 0.3) is 0 Å². The number of pyridine rings is 1. The van der Waals surface area contributed by atoms with Crippen LogP contribution in [0.5, 0.6) is 0 Å². The maximum absolute atomic E-state index is 4.95. The third-order valence-corrected chi connectivity index (χ3v) is 7.54. The molecule has 1 aromatic heterocycles. The predicted molar refractivity (Wildman–Crippen MR) is 130 cm³/mol. The second-order valence-electron chi connectivity index (χ2n) is 7.60. The molecule has 3 aromatic carbocycles. The second kappa shape index (κ2) is 9.15. The van der Waals surface area contributed by atoms with Gasteiger partial charge < -0.3 is 0 Å². The molecule has 1 heterocycles. The fraction of sp³-hybridized carbons (Fsp3) is 0.111. The minimum absolute atomic E-state index is 0.392. The molecule has 0 spiro atoms. The molecule has 0 fully saturated rings. The topological polar surface area (TPSA) is 25.2 Å². The monoisotopic (exact) mass is 408 g/mol. The van der Waals surface area contributed by atoms with Crippen molar-refractivity contribution in [1.82, 2.24) is 4.98 Å². The molecule has 30 heavy (non-hydrogen) atoms. The van der Waals surface area contributed by atoms with Gasteiger partial charge in [0.05, 0.1) is 11.2 Å². The molecule has 0 saturated carbocycles. The van der Waals surface area contributed by atoms with Crippen molar-refractivity contribution >= 4 is 30.0 Å². The molecular weight excluding hydrogens is 383 g/mol. The van der Waals surface area contributed by atoms with E-state index in [2.05, 4.69) is 104 Å². The first-order valence-electron chi connectivity index (χ1n) is 10.1. The molecule has 0 atom stereocenters. The van der Waals surface area contributed by atoms with Crippen molar-refractivity contribution in [2.45, 2.75) is 19.4 Å². The van der Waals surface area contributed by atoms with Crippen molar-refractivity contribution < 1.29 is 0 Å². The van der Waals surface area contributed by atoms with Crippen LogP contribution in [0.15, 0.2) is 114 Å². The van der Waals surface area contributed by atoms with Crippen LogP contribution < -0.4 is 15.9 Å². The summed E-state index contributed by atoms with van der Waals surface area (Å²) in [4.78, 5) is 9.46. The Bertz CT molecular complexity index is 1070. The van der Waals surface area contributed by atoms with Gasteiger partial charge in [-0.25, -0.2) is 0 Å². The first-order valence-corrected chi connectivity index (χ1v) is 11.5. The first-order chi connectivity index (χ1) is 14.6. The van der Waals surface area contributed by atoms with E-state index in [9.17, 15) is 0 Å². The van der Waals surface area contributed by atoms with Crippen LogP contribution in [0, 0.1) is 0 Å². The fourth-order valence-corrected chi connectivity index (χ4v) is 5.82. The summed E-state index contributed by atoms with van der Waals surface area (Å²) in [5, 5.41) is 3.98. The largest absolute Gasteiger partial charge is 0.280 e. The molecule has 0 radical (unpaired) electrons. The van der Waals surface area contributed by atoms with Crippen LogP contribution in [0.2, 0.25) is 0 Å². The van der Waals surface area contributed by atoms with Gasteiger partial charge in [0.2, 0.25) is 0 Å². The Hall–Kier alpha value is -3.09. The van der Waals surface area contributed by atoms with Gasteiger partial charge in [0.15, 0.2) is 0 Å². The zero-order valence-electron chi connectivity index (χ0n) is 17.3. The van der Waals surface area contributed by atoms with E-state index < -0.39 is 13.5 Å². The second-order valence-corrected chi connectivity index (χ2v) is 9.78. The van der Waals surface area contributed by atoms with Crippen LogP contribution in [0.1, 0.15) is 25.1 Å². The SMILES string of the molecule is CC(C)(/N=C/c1ccccc1P(c1ccccc1)c1ccccc1)c1ccccn1. The highest BCUT2D eigenvalue weighted by Crippen LogP contribution is 2.34. The molecule has 4 rings (SSSR count). The molecule has 0 aliphatic rings. The highest BCUT2D eigenvalue weighted by Gasteiger charge is 2.21. The normalized spacial score (nSPS) is 11.8. The standard InChI is InChI=1S/C27H25N2P/c1-27(2,26-19-11-12-20-28-26)29-21-22-13-9-10-18-25(22)30(23-14-5-3-6-15-23)24-16-7-4-8-17-24/h3-21H,1-2H3/b29-21+. The fourth-order valence-electron chi connectivity index (χ4n) is 3.40. The Morgan fingerprint density at radius 3 is 1.87 bits per heavy atom. The summed E-state index contributed by atoms with van der Waals surface area (Å²) in [7, 11) is -0.675. The summed E-state index contributed by atoms with van der Waals surface area (Å²) in [6.07, 6.45) is 3.84. The average Bonchev–Trinajstić information content (AvgIpc) is 2.81. The highest BCUT2D eigenvalue weighted by molar-refractivity contribution is 7.80. The first kappa shape index (κ1) is 20.2. The van der Waals surface area contributed by atoms with Crippen LogP contribution >= 0.6 is 7.92 Å².